The summed E-state index contributed by atoms with van der Waals surface area (Å²) in [4.78, 5) is 20.5. The zero-order valence-electron chi connectivity index (χ0n) is 14.2. The molecular formula is C19H20N2O2S. The number of pyridine rings is 1. The SMILES string of the molecule is CC.COC(=O)c1ccc(C)c(-c2csc(-c3cccnc3)n2)c1. The van der Waals surface area contributed by atoms with Gasteiger partial charge >= 0.3 is 5.97 Å². The van der Waals surface area contributed by atoms with Gasteiger partial charge < -0.3 is 4.74 Å². The van der Waals surface area contributed by atoms with E-state index in [9.17, 15) is 4.79 Å². The van der Waals surface area contributed by atoms with Crippen LogP contribution in [0.1, 0.15) is 29.8 Å². The Bertz CT molecular complexity index is 813. The molecule has 2 heterocycles. The Balaban J connectivity index is 0.00000100. The molecule has 3 rings (SSSR count). The van der Waals surface area contributed by atoms with Crippen molar-refractivity contribution in [2.45, 2.75) is 20.8 Å². The maximum atomic E-state index is 11.7. The van der Waals surface area contributed by atoms with E-state index >= 15 is 0 Å². The normalized spacial score (nSPS) is 9.83. The van der Waals surface area contributed by atoms with Crippen LogP contribution in [0.3, 0.4) is 0 Å². The number of aromatic nitrogens is 2. The van der Waals surface area contributed by atoms with Gasteiger partial charge in [-0.3, -0.25) is 4.98 Å². The van der Waals surface area contributed by atoms with E-state index in [1.54, 1.807) is 29.8 Å². The van der Waals surface area contributed by atoms with E-state index in [0.29, 0.717) is 5.56 Å². The molecule has 3 aromatic rings. The highest BCUT2D eigenvalue weighted by Crippen LogP contribution is 2.30. The van der Waals surface area contributed by atoms with Crippen molar-refractivity contribution in [2.24, 2.45) is 0 Å². The van der Waals surface area contributed by atoms with E-state index in [4.69, 9.17) is 4.74 Å². The number of benzene rings is 1. The molecule has 0 fully saturated rings. The van der Waals surface area contributed by atoms with Crippen molar-refractivity contribution in [2.75, 3.05) is 7.11 Å². The molecule has 1 aromatic carbocycles. The Morgan fingerprint density at radius 1 is 1.21 bits per heavy atom. The van der Waals surface area contributed by atoms with Crippen LogP contribution in [-0.2, 0) is 4.74 Å². The second kappa shape index (κ2) is 8.36. The first kappa shape index (κ1) is 17.8. The average molecular weight is 340 g/mol. The molecule has 0 radical (unpaired) electrons. The largest absolute Gasteiger partial charge is 0.465 e. The van der Waals surface area contributed by atoms with Crippen molar-refractivity contribution in [1.29, 1.82) is 0 Å². The molecule has 124 valence electrons. The smallest absolute Gasteiger partial charge is 0.337 e. The molecular weight excluding hydrogens is 320 g/mol. The lowest BCUT2D eigenvalue weighted by Gasteiger charge is -2.05. The van der Waals surface area contributed by atoms with E-state index in [-0.39, 0.29) is 5.97 Å². The van der Waals surface area contributed by atoms with Gasteiger partial charge in [0.1, 0.15) is 5.01 Å². The molecule has 0 saturated heterocycles. The first-order chi connectivity index (χ1) is 11.7. The quantitative estimate of drug-likeness (QED) is 0.630. The first-order valence-electron chi connectivity index (χ1n) is 7.74. The third-order valence-corrected chi connectivity index (χ3v) is 4.24. The van der Waals surface area contributed by atoms with Gasteiger partial charge in [-0.05, 0) is 36.8 Å². The number of thiazole rings is 1. The molecule has 4 nitrogen and oxygen atoms in total. The van der Waals surface area contributed by atoms with Gasteiger partial charge in [0.05, 0.1) is 18.4 Å². The van der Waals surface area contributed by atoms with Crippen molar-refractivity contribution in [3.63, 3.8) is 0 Å². The van der Waals surface area contributed by atoms with Crippen molar-refractivity contribution in [3.8, 4) is 21.8 Å². The maximum Gasteiger partial charge on any atom is 0.337 e. The lowest BCUT2D eigenvalue weighted by molar-refractivity contribution is 0.0601. The summed E-state index contributed by atoms with van der Waals surface area (Å²) in [7, 11) is 1.38. The summed E-state index contributed by atoms with van der Waals surface area (Å²) >= 11 is 1.56. The molecule has 5 heteroatoms. The van der Waals surface area contributed by atoms with Crippen molar-refractivity contribution in [3.05, 3.63) is 59.2 Å². The van der Waals surface area contributed by atoms with Gasteiger partial charge in [0.15, 0.2) is 0 Å². The second-order valence-corrected chi connectivity index (χ2v) is 5.66. The Labute approximate surface area is 146 Å². The lowest BCUT2D eigenvalue weighted by atomic mass is 10.0. The summed E-state index contributed by atoms with van der Waals surface area (Å²) in [5.74, 6) is -0.344. The summed E-state index contributed by atoms with van der Waals surface area (Å²) in [6.45, 7) is 6.00. The van der Waals surface area contributed by atoms with Crippen LogP contribution < -0.4 is 0 Å². The van der Waals surface area contributed by atoms with E-state index < -0.39 is 0 Å². The van der Waals surface area contributed by atoms with E-state index in [0.717, 1.165) is 27.4 Å². The molecule has 0 spiro atoms. The highest BCUT2D eigenvalue weighted by Gasteiger charge is 2.12. The van der Waals surface area contributed by atoms with Crippen LogP contribution in [0.25, 0.3) is 21.8 Å². The number of carbonyl (C=O) groups is 1. The van der Waals surface area contributed by atoms with Gasteiger partial charge in [-0.15, -0.1) is 11.3 Å². The lowest BCUT2D eigenvalue weighted by Crippen LogP contribution is -2.01. The summed E-state index contributed by atoms with van der Waals surface area (Å²) < 4.78 is 4.78. The van der Waals surface area contributed by atoms with Gasteiger partial charge in [-0.1, -0.05) is 19.9 Å². The Kier molecular flexibility index (Phi) is 6.21. The van der Waals surface area contributed by atoms with Crippen molar-refractivity contribution in [1.82, 2.24) is 9.97 Å². The third kappa shape index (κ3) is 3.86. The van der Waals surface area contributed by atoms with Crippen LogP contribution in [0.5, 0.6) is 0 Å². The van der Waals surface area contributed by atoms with Gasteiger partial charge in [0.25, 0.3) is 0 Å². The minimum absolute atomic E-state index is 0.344. The Morgan fingerprint density at radius 2 is 2.00 bits per heavy atom. The fraction of sp³-hybridized carbons (Fsp3) is 0.211. The monoisotopic (exact) mass is 340 g/mol. The van der Waals surface area contributed by atoms with Crippen LogP contribution in [0.4, 0.5) is 0 Å². The van der Waals surface area contributed by atoms with E-state index in [2.05, 4.69) is 9.97 Å². The van der Waals surface area contributed by atoms with Crippen LogP contribution in [0.15, 0.2) is 48.1 Å². The van der Waals surface area contributed by atoms with Gasteiger partial charge in [-0.2, -0.15) is 0 Å². The Hall–Kier alpha value is -2.53. The fourth-order valence-electron chi connectivity index (χ4n) is 2.16. The number of rotatable bonds is 3. The van der Waals surface area contributed by atoms with Gasteiger partial charge in [0, 0.05) is 28.9 Å². The van der Waals surface area contributed by atoms with Crippen LogP contribution in [-0.4, -0.2) is 23.0 Å². The number of esters is 1. The summed E-state index contributed by atoms with van der Waals surface area (Å²) in [5, 5.41) is 2.90. The number of hydrogen-bond acceptors (Lipinski definition) is 5. The van der Waals surface area contributed by atoms with E-state index in [1.165, 1.54) is 7.11 Å². The summed E-state index contributed by atoms with van der Waals surface area (Å²) in [6.07, 6.45) is 3.53. The summed E-state index contributed by atoms with van der Waals surface area (Å²) in [5.41, 5.74) is 4.37. The number of nitrogens with zero attached hydrogens (tertiary/aromatic N) is 2. The molecule has 0 aliphatic carbocycles. The highest BCUT2D eigenvalue weighted by atomic mass is 32.1. The predicted octanol–water partition coefficient (Wildman–Crippen LogP) is 4.99. The minimum Gasteiger partial charge on any atom is -0.465 e. The second-order valence-electron chi connectivity index (χ2n) is 4.80. The molecule has 0 N–H and O–H groups in total. The molecule has 0 atom stereocenters. The zero-order chi connectivity index (χ0) is 17.5. The molecule has 2 aromatic heterocycles. The number of methoxy groups -OCH3 is 1. The zero-order valence-corrected chi connectivity index (χ0v) is 15.1. The highest BCUT2D eigenvalue weighted by molar-refractivity contribution is 7.13. The molecule has 0 bridgehead atoms. The number of carbonyl (C=O) groups excluding carboxylic acids is 1. The molecule has 0 unspecified atom stereocenters. The standard InChI is InChI=1S/C17H14N2O2S.C2H6/c1-11-5-6-12(17(20)21-2)8-14(11)15-10-22-16(19-15)13-4-3-7-18-9-13;1-2/h3-10H,1-2H3;1-2H3. The van der Waals surface area contributed by atoms with Crippen LogP contribution in [0.2, 0.25) is 0 Å². The number of aryl methyl sites for hydroxylation is 1. The van der Waals surface area contributed by atoms with Gasteiger partial charge in [-0.25, -0.2) is 9.78 Å². The molecule has 0 aliphatic rings. The third-order valence-electron chi connectivity index (χ3n) is 3.35. The van der Waals surface area contributed by atoms with Gasteiger partial charge in [0.2, 0.25) is 0 Å². The average Bonchev–Trinajstić information content (AvgIpc) is 3.14. The van der Waals surface area contributed by atoms with Crippen LogP contribution in [0, 0.1) is 6.92 Å². The predicted molar refractivity (Wildman–Crippen MR) is 98.2 cm³/mol. The number of hydrogen-bond donors (Lipinski definition) is 0. The molecule has 24 heavy (non-hydrogen) atoms. The molecule has 0 aliphatic heterocycles. The first-order valence-corrected chi connectivity index (χ1v) is 8.62. The minimum atomic E-state index is -0.344. The number of ether oxygens (including phenoxy) is 1. The fourth-order valence-corrected chi connectivity index (χ4v) is 2.97. The summed E-state index contributed by atoms with van der Waals surface area (Å²) in [6, 6.07) is 9.36. The van der Waals surface area contributed by atoms with Crippen molar-refractivity contribution < 1.29 is 9.53 Å². The van der Waals surface area contributed by atoms with Crippen LogP contribution >= 0.6 is 11.3 Å². The molecule has 0 amide bonds. The van der Waals surface area contributed by atoms with E-state index in [1.807, 2.05) is 50.4 Å². The topological polar surface area (TPSA) is 52.1 Å². The maximum absolute atomic E-state index is 11.7. The van der Waals surface area contributed by atoms with Crippen molar-refractivity contribution >= 4 is 17.3 Å². The molecule has 0 saturated carbocycles. The Morgan fingerprint density at radius 3 is 2.67 bits per heavy atom.